The summed E-state index contributed by atoms with van der Waals surface area (Å²) in [6.07, 6.45) is 0.239. The van der Waals surface area contributed by atoms with Crippen molar-refractivity contribution in [2.75, 3.05) is 26.8 Å². The predicted octanol–water partition coefficient (Wildman–Crippen LogP) is -0.604. The first kappa shape index (κ1) is 16.2. The first-order chi connectivity index (χ1) is 9.35. The van der Waals surface area contributed by atoms with Gasteiger partial charge < -0.3 is 25.4 Å². The molecule has 0 saturated carbocycles. The zero-order valence-corrected chi connectivity index (χ0v) is 11.9. The minimum absolute atomic E-state index is 0.100. The largest absolute Gasteiger partial charge is 0.480 e. The molecule has 3 amide bonds. The molecule has 0 bridgehead atoms. The van der Waals surface area contributed by atoms with E-state index in [2.05, 4.69) is 10.6 Å². The zero-order valence-electron chi connectivity index (χ0n) is 11.9. The molecular weight excluding hydrogens is 266 g/mol. The molecule has 20 heavy (non-hydrogen) atoms. The molecule has 0 aliphatic carbocycles. The van der Waals surface area contributed by atoms with Gasteiger partial charge in [-0.05, 0) is 13.3 Å². The lowest BCUT2D eigenvalue weighted by molar-refractivity contribution is -0.144. The average molecular weight is 287 g/mol. The minimum Gasteiger partial charge on any atom is -0.480 e. The number of nitrogens with zero attached hydrogens (tertiary/aromatic N) is 1. The SMILES string of the molecule is CCC(C)(NC(=O)N1CCOCC1C(=O)NC)C(=O)O. The number of hydrogen-bond donors (Lipinski definition) is 3. The molecule has 3 N–H and O–H groups in total. The molecule has 1 heterocycles. The van der Waals surface area contributed by atoms with Crippen molar-refractivity contribution in [3.05, 3.63) is 0 Å². The van der Waals surface area contributed by atoms with Gasteiger partial charge >= 0.3 is 12.0 Å². The maximum atomic E-state index is 12.2. The summed E-state index contributed by atoms with van der Waals surface area (Å²) in [4.78, 5) is 36.5. The van der Waals surface area contributed by atoms with Crippen LogP contribution in [-0.2, 0) is 14.3 Å². The van der Waals surface area contributed by atoms with Crippen LogP contribution in [0.1, 0.15) is 20.3 Å². The van der Waals surface area contributed by atoms with Crippen molar-refractivity contribution >= 4 is 17.9 Å². The highest BCUT2D eigenvalue weighted by Crippen LogP contribution is 2.13. The molecule has 0 spiro atoms. The minimum atomic E-state index is -1.36. The molecule has 1 saturated heterocycles. The van der Waals surface area contributed by atoms with Crippen molar-refractivity contribution in [1.82, 2.24) is 15.5 Å². The number of urea groups is 1. The Kier molecular flexibility index (Phi) is 5.32. The molecule has 8 heteroatoms. The standard InChI is InChI=1S/C12H21N3O5/c1-4-12(2,10(17)18)14-11(19)15-5-6-20-7-8(15)9(16)13-3/h8H,4-7H2,1-3H3,(H,13,16)(H,14,19)(H,17,18). The third-order valence-corrected chi connectivity index (χ3v) is 3.50. The highest BCUT2D eigenvalue weighted by atomic mass is 16.5. The lowest BCUT2D eigenvalue weighted by Gasteiger charge is -2.36. The van der Waals surface area contributed by atoms with Crippen LogP contribution in [0.2, 0.25) is 0 Å². The molecule has 1 fully saturated rings. The Balaban J connectivity index is 2.83. The van der Waals surface area contributed by atoms with Crippen LogP contribution < -0.4 is 10.6 Å². The molecule has 1 rings (SSSR count). The van der Waals surface area contributed by atoms with Crippen molar-refractivity contribution in [3.63, 3.8) is 0 Å². The van der Waals surface area contributed by atoms with Crippen LogP contribution in [0, 0.1) is 0 Å². The van der Waals surface area contributed by atoms with Gasteiger partial charge in [0.2, 0.25) is 5.91 Å². The Labute approximate surface area is 117 Å². The Morgan fingerprint density at radius 2 is 2.10 bits per heavy atom. The quantitative estimate of drug-likeness (QED) is 0.639. The fraction of sp³-hybridized carbons (Fsp3) is 0.750. The average Bonchev–Trinajstić information content (AvgIpc) is 2.45. The molecular formula is C12H21N3O5. The monoisotopic (exact) mass is 287 g/mol. The van der Waals surface area contributed by atoms with E-state index < -0.39 is 23.6 Å². The van der Waals surface area contributed by atoms with E-state index in [1.165, 1.54) is 18.9 Å². The van der Waals surface area contributed by atoms with Gasteiger partial charge in [-0.2, -0.15) is 0 Å². The summed E-state index contributed by atoms with van der Waals surface area (Å²) in [5.41, 5.74) is -1.36. The number of hydrogen-bond acceptors (Lipinski definition) is 4. The van der Waals surface area contributed by atoms with Crippen LogP contribution in [0.5, 0.6) is 0 Å². The molecule has 2 atom stereocenters. The fourth-order valence-corrected chi connectivity index (χ4v) is 1.83. The van der Waals surface area contributed by atoms with Crippen LogP contribution in [0.25, 0.3) is 0 Å². The molecule has 2 unspecified atom stereocenters. The lowest BCUT2D eigenvalue weighted by Crippen LogP contribution is -2.62. The summed E-state index contributed by atoms with van der Waals surface area (Å²) in [7, 11) is 1.47. The number of carboxylic acids is 1. The topological polar surface area (TPSA) is 108 Å². The number of carboxylic acid groups (broad SMARTS) is 1. The smallest absolute Gasteiger partial charge is 0.329 e. The van der Waals surface area contributed by atoms with E-state index in [-0.39, 0.29) is 25.5 Å². The summed E-state index contributed by atoms with van der Waals surface area (Å²) in [6.45, 7) is 3.76. The first-order valence-electron chi connectivity index (χ1n) is 6.47. The second-order valence-corrected chi connectivity index (χ2v) is 4.82. The number of amides is 3. The number of carbonyl (C=O) groups excluding carboxylic acids is 2. The Morgan fingerprint density at radius 3 is 2.60 bits per heavy atom. The predicted molar refractivity (Wildman–Crippen MR) is 70.2 cm³/mol. The third kappa shape index (κ3) is 3.38. The van der Waals surface area contributed by atoms with Crippen LogP contribution in [0.3, 0.4) is 0 Å². The van der Waals surface area contributed by atoms with Gasteiger partial charge in [0.25, 0.3) is 0 Å². The number of morpholine rings is 1. The van der Waals surface area contributed by atoms with Gasteiger partial charge in [-0.3, -0.25) is 4.79 Å². The van der Waals surface area contributed by atoms with Crippen LogP contribution >= 0.6 is 0 Å². The summed E-state index contributed by atoms with van der Waals surface area (Å²) in [5, 5.41) is 14.1. The second-order valence-electron chi connectivity index (χ2n) is 4.82. The van der Waals surface area contributed by atoms with Crippen LogP contribution in [0.4, 0.5) is 4.79 Å². The normalized spacial score (nSPS) is 21.8. The van der Waals surface area contributed by atoms with Crippen molar-refractivity contribution in [2.24, 2.45) is 0 Å². The van der Waals surface area contributed by atoms with E-state index in [0.29, 0.717) is 6.61 Å². The number of nitrogens with one attached hydrogen (secondary N) is 2. The van der Waals surface area contributed by atoms with Crippen LogP contribution in [0.15, 0.2) is 0 Å². The van der Waals surface area contributed by atoms with Crippen molar-refractivity contribution in [2.45, 2.75) is 31.8 Å². The molecule has 0 aromatic carbocycles. The zero-order chi connectivity index (χ0) is 15.3. The van der Waals surface area contributed by atoms with Gasteiger partial charge in [0.15, 0.2) is 0 Å². The van der Waals surface area contributed by atoms with E-state index in [9.17, 15) is 14.4 Å². The summed E-state index contributed by atoms with van der Waals surface area (Å²) < 4.78 is 5.19. The molecule has 8 nitrogen and oxygen atoms in total. The number of aliphatic carboxylic acids is 1. The van der Waals surface area contributed by atoms with Gasteiger partial charge in [0, 0.05) is 13.6 Å². The number of ether oxygens (including phenoxy) is 1. The second kappa shape index (κ2) is 6.56. The van der Waals surface area contributed by atoms with Gasteiger partial charge in [0.1, 0.15) is 11.6 Å². The maximum absolute atomic E-state index is 12.2. The van der Waals surface area contributed by atoms with Gasteiger partial charge in [-0.25, -0.2) is 9.59 Å². The number of carbonyl (C=O) groups is 3. The third-order valence-electron chi connectivity index (χ3n) is 3.50. The summed E-state index contributed by atoms with van der Waals surface area (Å²) >= 11 is 0. The first-order valence-corrected chi connectivity index (χ1v) is 6.47. The summed E-state index contributed by atoms with van der Waals surface area (Å²) in [6, 6.07) is -1.32. The number of rotatable bonds is 4. The van der Waals surface area contributed by atoms with E-state index >= 15 is 0 Å². The number of likely N-dealkylation sites (N-methyl/N-ethyl adjacent to an activating group) is 1. The highest BCUT2D eigenvalue weighted by Gasteiger charge is 2.38. The molecule has 1 aliphatic heterocycles. The highest BCUT2D eigenvalue weighted by molar-refractivity contribution is 5.90. The van der Waals surface area contributed by atoms with Gasteiger partial charge in [0.05, 0.1) is 13.2 Å². The van der Waals surface area contributed by atoms with E-state index in [1.807, 2.05) is 0 Å². The molecule has 0 radical (unpaired) electrons. The van der Waals surface area contributed by atoms with Crippen molar-refractivity contribution in [3.8, 4) is 0 Å². The Hall–Kier alpha value is -1.83. The van der Waals surface area contributed by atoms with E-state index in [0.717, 1.165) is 0 Å². The van der Waals surface area contributed by atoms with Crippen molar-refractivity contribution in [1.29, 1.82) is 0 Å². The molecule has 0 aromatic heterocycles. The lowest BCUT2D eigenvalue weighted by atomic mass is 9.99. The van der Waals surface area contributed by atoms with Gasteiger partial charge in [-0.15, -0.1) is 0 Å². The fourth-order valence-electron chi connectivity index (χ4n) is 1.83. The van der Waals surface area contributed by atoms with E-state index in [4.69, 9.17) is 9.84 Å². The Bertz CT molecular complexity index is 401. The van der Waals surface area contributed by atoms with Crippen molar-refractivity contribution < 1.29 is 24.2 Å². The molecule has 114 valence electrons. The maximum Gasteiger partial charge on any atom is 0.329 e. The van der Waals surface area contributed by atoms with Crippen LogP contribution in [-0.4, -0.2) is 66.3 Å². The summed E-state index contributed by atoms with van der Waals surface area (Å²) in [5.74, 6) is -1.45. The molecule has 1 aliphatic rings. The molecule has 0 aromatic rings. The van der Waals surface area contributed by atoms with Gasteiger partial charge in [-0.1, -0.05) is 6.92 Å². The van der Waals surface area contributed by atoms with E-state index in [1.54, 1.807) is 6.92 Å². The Morgan fingerprint density at radius 1 is 1.45 bits per heavy atom.